The van der Waals surface area contributed by atoms with Gasteiger partial charge in [0.05, 0.1) is 42.6 Å². The van der Waals surface area contributed by atoms with E-state index in [1.165, 1.54) is 49.9 Å². The number of phenols is 1. The molecular formula is C67H114N14O15S. The third-order valence-electron chi connectivity index (χ3n) is 16.6. The van der Waals surface area contributed by atoms with E-state index in [0.717, 1.165) is 12.8 Å². The number of amides is 6. The minimum absolute atomic E-state index is 0.00792. The van der Waals surface area contributed by atoms with Crippen LogP contribution in [0.15, 0.2) is 34.3 Å². The van der Waals surface area contributed by atoms with Gasteiger partial charge in [-0.3, -0.25) is 67.5 Å². The highest BCUT2D eigenvalue weighted by Crippen LogP contribution is 2.25. The highest BCUT2D eigenvalue weighted by atomic mass is 32.2. The Balaban J connectivity index is 3.60. The van der Waals surface area contributed by atoms with Gasteiger partial charge in [0, 0.05) is 74.8 Å². The molecule has 0 saturated heterocycles. The zero-order chi connectivity index (χ0) is 73.5. The summed E-state index contributed by atoms with van der Waals surface area (Å²) in [5.74, 6) is -15.5. The Hall–Kier alpha value is -7.57. The van der Waals surface area contributed by atoms with Crippen molar-refractivity contribution in [1.29, 1.82) is 0 Å². The average Bonchev–Trinajstić information content (AvgIpc) is 0.961. The Labute approximate surface area is 575 Å². The highest BCUT2D eigenvalue weighted by Gasteiger charge is 2.38. The number of Topliss-reactive ketones (excluding diaryl/α,β-unsaturated/α-hetero) is 5. The minimum Gasteiger partial charge on any atom is -0.508 e. The number of aliphatic carboxylic acids is 1. The minimum atomic E-state index is -1.75. The lowest BCUT2D eigenvalue weighted by molar-refractivity contribution is -0.143. The third kappa shape index (κ3) is 36.6. The van der Waals surface area contributed by atoms with Crippen LogP contribution in [0.2, 0.25) is 0 Å². The number of benzene rings is 1. The number of thioether (sulfide) groups is 1. The summed E-state index contributed by atoms with van der Waals surface area (Å²) < 4.78 is 0. The van der Waals surface area contributed by atoms with Crippen LogP contribution in [0, 0.1) is 47.3 Å². The van der Waals surface area contributed by atoms with Crippen LogP contribution in [0.1, 0.15) is 176 Å². The number of hydrogen-bond donors (Lipinski definition) is 15. The molecule has 97 heavy (non-hydrogen) atoms. The number of aromatic hydroxyl groups is 1. The zero-order valence-electron chi connectivity index (χ0n) is 58.2. The van der Waals surface area contributed by atoms with Crippen LogP contribution in [0.3, 0.4) is 0 Å². The SMILES string of the molecule is CSCC[C@H](CC(=O)[C@H](C)NC(=O)[C@H](CCCN=C(N)N)CC(=O)[C@H](CC(C)C)NC(=O)[C@@H](C)CCCCN)C(=O)N[C@H](C(=O)C[C@@H](CC(=O)O)C(=O)N[C@@H](CCCCN)C(=O)C[C@@H](Cc1ccc(O)cc1)C(=O)N[C@@H](CCCN=C(N)N)C(=O)C[C@@H](CC(C)C)C(N)=O)[C@@H](C)O. The second kappa shape index (κ2) is 47.4. The van der Waals surface area contributed by atoms with E-state index in [1.807, 2.05) is 27.7 Å². The van der Waals surface area contributed by atoms with Crippen molar-refractivity contribution in [1.82, 2.24) is 26.6 Å². The number of carboxylic acid groups (broad SMARTS) is 1. The molecule has 0 aromatic heterocycles. The van der Waals surface area contributed by atoms with Crippen LogP contribution in [0.4, 0.5) is 0 Å². The first-order valence-corrected chi connectivity index (χ1v) is 35.2. The molecule has 0 fully saturated rings. The van der Waals surface area contributed by atoms with Crippen molar-refractivity contribution >= 4 is 94.0 Å². The van der Waals surface area contributed by atoms with Gasteiger partial charge in [0.15, 0.2) is 40.8 Å². The summed E-state index contributed by atoms with van der Waals surface area (Å²) >= 11 is 1.35. The van der Waals surface area contributed by atoms with Gasteiger partial charge in [-0.1, -0.05) is 53.2 Å². The van der Waals surface area contributed by atoms with E-state index in [0.29, 0.717) is 43.5 Å². The second-order valence-corrected chi connectivity index (χ2v) is 27.2. The first-order valence-electron chi connectivity index (χ1n) is 33.8. The number of primary amides is 1. The molecule has 548 valence electrons. The third-order valence-corrected chi connectivity index (χ3v) is 17.3. The van der Waals surface area contributed by atoms with Gasteiger partial charge < -0.3 is 82.0 Å². The summed E-state index contributed by atoms with van der Waals surface area (Å²) in [6.45, 7) is 12.7. The van der Waals surface area contributed by atoms with Crippen LogP contribution in [0.25, 0.3) is 0 Å². The van der Waals surface area contributed by atoms with Gasteiger partial charge in [0.25, 0.3) is 0 Å². The van der Waals surface area contributed by atoms with Crippen molar-refractivity contribution in [2.75, 3.05) is 38.2 Å². The molecule has 0 saturated carbocycles. The number of guanidine groups is 2. The van der Waals surface area contributed by atoms with Crippen LogP contribution < -0.4 is 66.7 Å². The number of ketones is 5. The average molecular weight is 1390 g/mol. The fourth-order valence-corrected chi connectivity index (χ4v) is 11.6. The van der Waals surface area contributed by atoms with Crippen LogP contribution in [-0.4, -0.2) is 172 Å². The Morgan fingerprint density at radius 2 is 0.918 bits per heavy atom. The summed E-state index contributed by atoms with van der Waals surface area (Å²) in [7, 11) is 0. The van der Waals surface area contributed by atoms with E-state index < -0.39 is 156 Å². The number of aliphatic hydroxyl groups excluding tert-OH is 1. The van der Waals surface area contributed by atoms with Crippen LogP contribution >= 0.6 is 11.8 Å². The van der Waals surface area contributed by atoms with E-state index in [4.69, 9.17) is 40.1 Å². The molecule has 0 aliphatic rings. The first kappa shape index (κ1) is 87.4. The van der Waals surface area contributed by atoms with Gasteiger partial charge in [-0.15, -0.1) is 0 Å². The summed E-state index contributed by atoms with van der Waals surface area (Å²) in [5.41, 5.74) is 39.7. The number of carboxylic acids is 1. The lowest BCUT2D eigenvalue weighted by atomic mass is 9.87. The maximum atomic E-state index is 14.6. The Morgan fingerprint density at radius 1 is 0.474 bits per heavy atom. The number of carbonyl (C=O) groups is 12. The molecular weight excluding hydrogens is 1270 g/mol. The number of nitrogens with one attached hydrogen (secondary N) is 5. The molecule has 29 nitrogen and oxygen atoms in total. The maximum Gasteiger partial charge on any atom is 0.304 e. The predicted octanol–water partition coefficient (Wildman–Crippen LogP) is 1.44. The second-order valence-electron chi connectivity index (χ2n) is 26.3. The maximum absolute atomic E-state index is 14.6. The lowest BCUT2D eigenvalue weighted by Crippen LogP contribution is -2.52. The number of carbonyl (C=O) groups excluding carboxylic acids is 11. The first-order chi connectivity index (χ1) is 45.6. The van der Waals surface area contributed by atoms with Gasteiger partial charge in [-0.2, -0.15) is 11.8 Å². The van der Waals surface area contributed by atoms with Gasteiger partial charge in [0.1, 0.15) is 11.8 Å². The quantitative estimate of drug-likeness (QED) is 0.0249. The fourth-order valence-electron chi connectivity index (χ4n) is 11.1. The molecule has 22 N–H and O–H groups in total. The van der Waals surface area contributed by atoms with Crippen molar-refractivity contribution in [3.05, 3.63) is 29.8 Å². The van der Waals surface area contributed by atoms with Crippen molar-refractivity contribution in [2.24, 2.45) is 97.5 Å². The van der Waals surface area contributed by atoms with Crippen LogP contribution in [0.5, 0.6) is 5.75 Å². The Bertz CT molecular complexity index is 2760. The molecule has 1 aromatic carbocycles. The number of nitrogens with two attached hydrogens (primary N) is 7. The number of aliphatic imine (C=N–C) groups is 2. The number of nitrogens with zero attached hydrogens (tertiary/aromatic N) is 2. The lowest BCUT2D eigenvalue weighted by Gasteiger charge is -2.27. The molecule has 0 spiro atoms. The fraction of sp³-hybridized carbons (Fsp3) is 0.701. The molecule has 6 amide bonds. The molecule has 1 rings (SSSR count). The zero-order valence-corrected chi connectivity index (χ0v) is 59.0. The molecule has 12 atom stereocenters. The number of hydrogen-bond acceptors (Lipinski definition) is 19. The molecule has 1 aromatic rings. The van der Waals surface area contributed by atoms with Crippen molar-refractivity contribution in [2.45, 2.75) is 213 Å². The predicted molar refractivity (Wildman–Crippen MR) is 373 cm³/mol. The molecule has 0 bridgehead atoms. The Morgan fingerprint density at radius 3 is 1.42 bits per heavy atom. The molecule has 0 heterocycles. The monoisotopic (exact) mass is 1390 g/mol. The van der Waals surface area contributed by atoms with E-state index in [2.05, 4.69) is 36.6 Å². The smallest absolute Gasteiger partial charge is 0.304 e. The van der Waals surface area contributed by atoms with Crippen molar-refractivity contribution < 1.29 is 72.9 Å². The summed E-state index contributed by atoms with van der Waals surface area (Å²) in [5, 5.41) is 44.6. The molecule has 0 aliphatic heterocycles. The van der Waals surface area contributed by atoms with Crippen LogP contribution in [-0.2, 0) is 64.0 Å². The number of phenolic OH excluding ortho intramolecular Hbond substituents is 1. The normalized spacial score (nSPS) is 15.1. The van der Waals surface area contributed by atoms with E-state index in [1.54, 1.807) is 13.2 Å². The van der Waals surface area contributed by atoms with Gasteiger partial charge in [0.2, 0.25) is 35.4 Å². The molecule has 30 heteroatoms. The summed E-state index contributed by atoms with van der Waals surface area (Å²) in [6, 6.07) is -0.654. The topological polar surface area (TPSA) is 533 Å². The van der Waals surface area contributed by atoms with E-state index >= 15 is 0 Å². The van der Waals surface area contributed by atoms with Crippen molar-refractivity contribution in [3.8, 4) is 5.75 Å². The summed E-state index contributed by atoms with van der Waals surface area (Å²) in [4.78, 5) is 174. The number of rotatable bonds is 54. The van der Waals surface area contributed by atoms with E-state index in [-0.39, 0.29) is 125 Å². The molecule has 0 aliphatic carbocycles. The largest absolute Gasteiger partial charge is 0.508 e. The number of unbranched alkanes of at least 4 members (excludes halogenated alkanes) is 2. The highest BCUT2D eigenvalue weighted by molar-refractivity contribution is 7.98. The van der Waals surface area contributed by atoms with E-state index in [9.17, 15) is 72.9 Å². The van der Waals surface area contributed by atoms with Gasteiger partial charge in [-0.05, 0) is 152 Å². The van der Waals surface area contributed by atoms with Gasteiger partial charge in [-0.25, -0.2) is 0 Å². The van der Waals surface area contributed by atoms with Gasteiger partial charge >= 0.3 is 5.97 Å². The Kier molecular flexibility index (Phi) is 42.7. The standard InChI is InChI=1S/C67H114N14O15S/c1-38(2)29-46(60(70)91)34-54(85)51(18-14-27-76-67(73)74)79-64(95)47(31-43-19-21-49(83)22-20-43)35-55(86)50(17-10-12-25-69)78-65(96)48(37-58(89)90)36-57(88)59(42(7)82)81-63(94)45(23-28-97-8)32-53(84)41(6)77-62(93)44(16-13-26-75-66(71)72)33-56(87)52(30-39(3)4)80-61(92)40(5)15-9-11-24-68/h19-22,38-42,44-48,50-52,59,82-83H,9-18,23-37,68-69H2,1-8H3,(H2,70,91)(H,77,93)(H,78,96)(H,79,95)(H,80,92)(H,81,94)(H,89,90)(H4,71,72,75)(H4,73,74,76)/t40-,41-,42+,44+,45+,46+,47+,48-,50-,51-,52-,59-/m0/s1. The van der Waals surface area contributed by atoms with Crippen molar-refractivity contribution in [3.63, 3.8) is 0 Å². The summed E-state index contributed by atoms with van der Waals surface area (Å²) in [6.07, 6.45) is 0.455. The molecule has 0 unspecified atom stereocenters. The molecule has 0 radical (unpaired) electrons. The number of aliphatic hydroxyl groups is 1.